The number of hydrogen-bond donors (Lipinski definition) is 3. The number of para-hydroxylation sites is 1. The lowest BCUT2D eigenvalue weighted by Gasteiger charge is -2.31. The van der Waals surface area contributed by atoms with Crippen molar-refractivity contribution in [2.24, 2.45) is 5.73 Å². The number of anilines is 1. The second-order valence-corrected chi connectivity index (χ2v) is 5.13. The first kappa shape index (κ1) is 14.3. The third kappa shape index (κ3) is 3.71. The number of aryl methyl sites for hydroxylation is 1. The molecule has 0 aromatic heterocycles. The molecule has 1 aliphatic heterocycles. The molecule has 0 atom stereocenters. The molecule has 108 valence electrons. The first-order chi connectivity index (χ1) is 9.56. The summed E-state index contributed by atoms with van der Waals surface area (Å²) in [6.07, 6.45) is 0. The number of amides is 3. The number of benzene rings is 1. The molecule has 1 saturated heterocycles. The number of nitrogens with one attached hydrogen (secondary N) is 2. The lowest BCUT2D eigenvalue weighted by atomic mass is 10.2. The Kier molecular flexibility index (Phi) is 4.57. The van der Waals surface area contributed by atoms with E-state index in [-0.39, 0.29) is 11.9 Å². The number of carbonyl (C=O) groups excluding carboxylic acids is 2. The van der Waals surface area contributed by atoms with Crippen molar-refractivity contribution < 1.29 is 14.5 Å². The Morgan fingerprint density at radius 3 is 2.55 bits per heavy atom. The molecule has 1 fully saturated rings. The fourth-order valence-electron chi connectivity index (χ4n) is 2.36. The summed E-state index contributed by atoms with van der Waals surface area (Å²) in [6.45, 7) is 5.09. The lowest BCUT2D eigenvalue weighted by Crippen LogP contribution is -3.15. The smallest absolute Gasteiger partial charge is 0.322 e. The molecule has 0 saturated carbocycles. The molecule has 4 N–H and O–H groups in total. The minimum Gasteiger partial charge on any atom is -0.365 e. The summed E-state index contributed by atoms with van der Waals surface area (Å²) in [6, 6.07) is 7.61. The zero-order valence-electron chi connectivity index (χ0n) is 11.7. The second-order valence-electron chi connectivity index (χ2n) is 5.13. The maximum absolute atomic E-state index is 12.2. The first-order valence-corrected chi connectivity index (χ1v) is 6.79. The standard InChI is InChI=1S/C14H20N4O2/c1-11-4-2-3-5-12(11)16-14(20)18-8-6-17(7-9-18)10-13(15)19/h2-5H,6-10H2,1H3,(H2,15,19)(H,16,20)/p+1. The number of primary amides is 1. The van der Waals surface area contributed by atoms with Gasteiger partial charge in [0.05, 0.1) is 26.2 Å². The third-order valence-corrected chi connectivity index (χ3v) is 3.57. The largest absolute Gasteiger partial charge is 0.365 e. The fourth-order valence-corrected chi connectivity index (χ4v) is 2.36. The molecule has 2 rings (SSSR count). The molecule has 1 aliphatic rings. The maximum Gasteiger partial charge on any atom is 0.322 e. The van der Waals surface area contributed by atoms with Crippen molar-refractivity contribution in [2.45, 2.75) is 6.92 Å². The van der Waals surface area contributed by atoms with Crippen LogP contribution in [0.5, 0.6) is 0 Å². The highest BCUT2D eigenvalue weighted by molar-refractivity contribution is 5.90. The number of rotatable bonds is 3. The van der Waals surface area contributed by atoms with Crippen LogP contribution in [0.2, 0.25) is 0 Å². The summed E-state index contributed by atoms with van der Waals surface area (Å²) in [4.78, 5) is 25.9. The van der Waals surface area contributed by atoms with Gasteiger partial charge in [0.1, 0.15) is 0 Å². The molecular formula is C14H21N4O2+. The van der Waals surface area contributed by atoms with Crippen LogP contribution < -0.4 is 16.0 Å². The predicted molar refractivity (Wildman–Crippen MR) is 76.5 cm³/mol. The average molecular weight is 277 g/mol. The second kappa shape index (κ2) is 6.38. The van der Waals surface area contributed by atoms with Crippen molar-refractivity contribution in [3.8, 4) is 0 Å². The number of quaternary nitrogens is 1. The number of hydrogen-bond acceptors (Lipinski definition) is 2. The molecule has 0 spiro atoms. The quantitative estimate of drug-likeness (QED) is 0.677. The molecule has 0 radical (unpaired) electrons. The van der Waals surface area contributed by atoms with Gasteiger partial charge < -0.3 is 20.9 Å². The van der Waals surface area contributed by atoms with E-state index in [9.17, 15) is 9.59 Å². The number of piperazine rings is 1. The van der Waals surface area contributed by atoms with E-state index < -0.39 is 0 Å². The Morgan fingerprint density at radius 1 is 1.30 bits per heavy atom. The Labute approximate surface area is 118 Å². The van der Waals surface area contributed by atoms with Crippen LogP contribution in [0.15, 0.2) is 24.3 Å². The minimum atomic E-state index is -0.294. The first-order valence-electron chi connectivity index (χ1n) is 6.79. The topological polar surface area (TPSA) is 79.9 Å². The van der Waals surface area contributed by atoms with Crippen molar-refractivity contribution in [1.82, 2.24) is 4.90 Å². The van der Waals surface area contributed by atoms with Gasteiger partial charge >= 0.3 is 6.03 Å². The number of carbonyl (C=O) groups is 2. The minimum absolute atomic E-state index is 0.0857. The molecule has 0 bridgehead atoms. The van der Waals surface area contributed by atoms with Crippen LogP contribution in [0.25, 0.3) is 0 Å². The Bertz CT molecular complexity index is 496. The molecule has 20 heavy (non-hydrogen) atoms. The van der Waals surface area contributed by atoms with Crippen molar-refractivity contribution in [1.29, 1.82) is 0 Å². The molecule has 1 aromatic carbocycles. The van der Waals surface area contributed by atoms with Crippen molar-refractivity contribution in [3.05, 3.63) is 29.8 Å². The van der Waals surface area contributed by atoms with E-state index in [0.717, 1.165) is 29.2 Å². The van der Waals surface area contributed by atoms with E-state index >= 15 is 0 Å². The highest BCUT2D eigenvalue weighted by Gasteiger charge is 2.24. The van der Waals surface area contributed by atoms with Gasteiger partial charge in [-0.05, 0) is 18.6 Å². The fraction of sp³-hybridized carbons (Fsp3) is 0.429. The predicted octanol–water partition coefficient (Wildman–Crippen LogP) is -0.787. The van der Waals surface area contributed by atoms with Crippen LogP contribution in [0.3, 0.4) is 0 Å². The van der Waals surface area contributed by atoms with Crippen LogP contribution >= 0.6 is 0 Å². The zero-order chi connectivity index (χ0) is 14.5. The summed E-state index contributed by atoms with van der Waals surface area (Å²) in [5.41, 5.74) is 7.06. The van der Waals surface area contributed by atoms with Gasteiger partial charge in [-0.2, -0.15) is 0 Å². The summed E-state index contributed by atoms with van der Waals surface area (Å²) in [5.74, 6) is -0.294. The Morgan fingerprint density at radius 2 is 1.95 bits per heavy atom. The normalized spacial score (nSPS) is 15.9. The molecule has 6 heteroatoms. The third-order valence-electron chi connectivity index (χ3n) is 3.57. The molecule has 1 heterocycles. The summed E-state index contributed by atoms with van der Waals surface area (Å²) in [7, 11) is 0. The molecule has 3 amide bonds. The molecule has 1 aromatic rings. The van der Waals surface area contributed by atoms with E-state index in [1.807, 2.05) is 31.2 Å². The van der Waals surface area contributed by atoms with Gasteiger partial charge in [-0.1, -0.05) is 18.2 Å². The van der Waals surface area contributed by atoms with Crippen LogP contribution in [0.1, 0.15) is 5.56 Å². The number of nitrogens with two attached hydrogens (primary N) is 1. The number of urea groups is 1. The van der Waals surface area contributed by atoms with Crippen molar-refractivity contribution in [3.63, 3.8) is 0 Å². The van der Waals surface area contributed by atoms with Crippen LogP contribution in [-0.4, -0.2) is 49.6 Å². The average Bonchev–Trinajstić information content (AvgIpc) is 2.41. The van der Waals surface area contributed by atoms with Gasteiger partial charge in [-0.15, -0.1) is 0 Å². The number of nitrogens with zero attached hydrogens (tertiary/aromatic N) is 1. The van der Waals surface area contributed by atoms with Gasteiger partial charge in [0.2, 0.25) is 0 Å². The van der Waals surface area contributed by atoms with Crippen molar-refractivity contribution in [2.75, 3.05) is 38.0 Å². The van der Waals surface area contributed by atoms with E-state index in [2.05, 4.69) is 5.32 Å². The van der Waals surface area contributed by atoms with E-state index in [1.54, 1.807) is 4.90 Å². The highest BCUT2D eigenvalue weighted by Crippen LogP contribution is 2.13. The molecule has 0 unspecified atom stereocenters. The van der Waals surface area contributed by atoms with Gasteiger partial charge in [-0.3, -0.25) is 4.79 Å². The van der Waals surface area contributed by atoms with Crippen LogP contribution in [-0.2, 0) is 4.79 Å². The molecule has 0 aliphatic carbocycles. The Hall–Kier alpha value is -2.08. The SMILES string of the molecule is Cc1ccccc1NC(=O)N1CC[NH+](CC(N)=O)CC1. The van der Waals surface area contributed by atoms with E-state index in [0.29, 0.717) is 19.6 Å². The van der Waals surface area contributed by atoms with E-state index in [4.69, 9.17) is 5.73 Å². The highest BCUT2D eigenvalue weighted by atomic mass is 16.2. The summed E-state index contributed by atoms with van der Waals surface area (Å²) >= 11 is 0. The summed E-state index contributed by atoms with van der Waals surface area (Å²) in [5, 5.41) is 2.92. The monoisotopic (exact) mass is 277 g/mol. The molecule has 6 nitrogen and oxygen atoms in total. The van der Waals surface area contributed by atoms with Crippen LogP contribution in [0.4, 0.5) is 10.5 Å². The van der Waals surface area contributed by atoms with Gasteiger partial charge in [0.15, 0.2) is 6.54 Å². The lowest BCUT2D eigenvalue weighted by molar-refractivity contribution is -0.895. The zero-order valence-corrected chi connectivity index (χ0v) is 11.7. The molecular weight excluding hydrogens is 256 g/mol. The van der Waals surface area contributed by atoms with Crippen molar-refractivity contribution >= 4 is 17.6 Å². The van der Waals surface area contributed by atoms with Crippen LogP contribution in [0, 0.1) is 6.92 Å². The van der Waals surface area contributed by atoms with Gasteiger partial charge in [0.25, 0.3) is 5.91 Å². The van der Waals surface area contributed by atoms with Gasteiger partial charge in [-0.25, -0.2) is 4.79 Å². The summed E-state index contributed by atoms with van der Waals surface area (Å²) < 4.78 is 0. The maximum atomic E-state index is 12.2. The Balaban J connectivity index is 1.86. The van der Waals surface area contributed by atoms with Gasteiger partial charge in [0, 0.05) is 5.69 Å². The van der Waals surface area contributed by atoms with E-state index in [1.165, 1.54) is 0 Å².